The molecule has 1 fully saturated rings. The summed E-state index contributed by atoms with van der Waals surface area (Å²) in [6.07, 6.45) is -0.734. The Morgan fingerprint density at radius 3 is 2.58 bits per heavy atom. The lowest BCUT2D eigenvalue weighted by Crippen LogP contribution is -2.46. The highest BCUT2D eigenvalue weighted by Gasteiger charge is 2.19. The molecule has 1 amide bonds. The summed E-state index contributed by atoms with van der Waals surface area (Å²) in [7, 11) is 0. The number of benzene rings is 2. The van der Waals surface area contributed by atoms with Gasteiger partial charge in [-0.1, -0.05) is 30.1 Å². The van der Waals surface area contributed by atoms with Gasteiger partial charge in [-0.3, -0.25) is 4.79 Å². The van der Waals surface area contributed by atoms with Crippen LogP contribution in [0, 0.1) is 6.92 Å². The first kappa shape index (κ1) is 23.6. The Balaban J connectivity index is 1.46. The summed E-state index contributed by atoms with van der Waals surface area (Å²) in [5.41, 5.74) is 2.73. The van der Waals surface area contributed by atoms with Gasteiger partial charge in [0, 0.05) is 42.3 Å². The lowest BCUT2D eigenvalue weighted by Gasteiger charge is -2.35. The molecule has 0 aliphatic carbocycles. The number of carbonyl (C=O) groups excluding carboxylic acids is 1. The number of carbonyl (C=O) groups is 1. The first-order chi connectivity index (χ1) is 15.8. The maximum absolute atomic E-state index is 12.7. The summed E-state index contributed by atoms with van der Waals surface area (Å²) >= 11 is 12.1. The highest BCUT2D eigenvalue weighted by molar-refractivity contribution is 6.35. The van der Waals surface area contributed by atoms with Crippen LogP contribution in [0.3, 0.4) is 0 Å². The van der Waals surface area contributed by atoms with Crippen LogP contribution in [0.2, 0.25) is 10.0 Å². The van der Waals surface area contributed by atoms with E-state index in [2.05, 4.69) is 35.0 Å². The molecule has 4 rings (SSSR count). The Morgan fingerprint density at radius 1 is 1.12 bits per heavy atom. The van der Waals surface area contributed by atoms with Gasteiger partial charge in [0.1, 0.15) is 11.6 Å². The minimum atomic E-state index is -0.734. The number of hydrogen-bond donors (Lipinski definition) is 1. The third kappa shape index (κ3) is 5.52. The molecule has 1 atom stereocenters. The Labute approximate surface area is 204 Å². The molecule has 1 saturated heterocycles. The second-order valence-electron chi connectivity index (χ2n) is 8.27. The molecule has 0 bridgehead atoms. The van der Waals surface area contributed by atoms with Crippen LogP contribution in [0.1, 0.15) is 19.4 Å². The first-order valence-electron chi connectivity index (χ1n) is 11.2. The third-order valence-corrected chi connectivity index (χ3v) is 6.51. The number of aromatic nitrogens is 1. The van der Waals surface area contributed by atoms with Crippen molar-refractivity contribution in [3.05, 3.63) is 58.1 Å². The van der Waals surface area contributed by atoms with E-state index >= 15 is 0 Å². The SMILES string of the molecule is CCN1CCN(c2cc(C)c3cc(NC(=O)[C@H](C)Oc4ccc(Cl)cc4Cl)ccc3n2)CC1. The Hall–Kier alpha value is -2.54. The Morgan fingerprint density at radius 2 is 1.88 bits per heavy atom. The molecule has 0 radical (unpaired) electrons. The van der Waals surface area contributed by atoms with Gasteiger partial charge in [0.05, 0.1) is 10.5 Å². The van der Waals surface area contributed by atoms with Crippen LogP contribution in [-0.4, -0.2) is 54.6 Å². The Kier molecular flexibility index (Phi) is 7.27. The number of hydrogen-bond acceptors (Lipinski definition) is 5. The minimum absolute atomic E-state index is 0.267. The predicted octanol–water partition coefficient (Wildman–Crippen LogP) is 5.40. The highest BCUT2D eigenvalue weighted by atomic mass is 35.5. The quantitative estimate of drug-likeness (QED) is 0.505. The van der Waals surface area contributed by atoms with Crippen LogP contribution in [0.4, 0.5) is 11.5 Å². The molecule has 2 aromatic carbocycles. The standard InChI is InChI=1S/C25H28Cl2N4O2/c1-4-30-9-11-31(12-10-30)24-13-16(2)20-15-19(6-7-22(20)29-24)28-25(32)17(3)33-23-8-5-18(26)14-21(23)27/h5-8,13-15,17H,4,9-12H2,1-3H3,(H,28,32)/t17-/m0/s1. The zero-order valence-electron chi connectivity index (χ0n) is 19.1. The molecule has 8 heteroatoms. The topological polar surface area (TPSA) is 57.7 Å². The number of anilines is 2. The molecular weight excluding hydrogens is 459 g/mol. The second kappa shape index (κ2) is 10.2. The first-order valence-corrected chi connectivity index (χ1v) is 11.9. The number of nitrogens with one attached hydrogen (secondary N) is 1. The van der Waals surface area contributed by atoms with Gasteiger partial charge in [-0.2, -0.15) is 0 Å². The van der Waals surface area contributed by atoms with E-state index in [4.69, 9.17) is 32.9 Å². The van der Waals surface area contributed by atoms with E-state index < -0.39 is 6.10 Å². The molecule has 6 nitrogen and oxygen atoms in total. The number of piperazine rings is 1. The summed E-state index contributed by atoms with van der Waals surface area (Å²) in [6, 6.07) is 12.8. The van der Waals surface area contributed by atoms with E-state index in [1.807, 2.05) is 18.2 Å². The number of ether oxygens (including phenoxy) is 1. The van der Waals surface area contributed by atoms with Crippen LogP contribution in [-0.2, 0) is 4.79 Å². The van der Waals surface area contributed by atoms with Crippen molar-refractivity contribution in [1.29, 1.82) is 0 Å². The average Bonchev–Trinajstić information content (AvgIpc) is 2.81. The molecule has 1 aromatic heterocycles. The average molecular weight is 487 g/mol. The lowest BCUT2D eigenvalue weighted by molar-refractivity contribution is -0.122. The van der Waals surface area contributed by atoms with Crippen LogP contribution in [0.15, 0.2) is 42.5 Å². The van der Waals surface area contributed by atoms with E-state index in [0.29, 0.717) is 21.5 Å². The van der Waals surface area contributed by atoms with E-state index in [0.717, 1.165) is 55.0 Å². The van der Waals surface area contributed by atoms with Crippen molar-refractivity contribution in [3.8, 4) is 5.75 Å². The largest absolute Gasteiger partial charge is 0.479 e. The van der Waals surface area contributed by atoms with Crippen molar-refractivity contribution in [1.82, 2.24) is 9.88 Å². The van der Waals surface area contributed by atoms with Gasteiger partial charge in [-0.15, -0.1) is 0 Å². The molecule has 174 valence electrons. The second-order valence-corrected chi connectivity index (χ2v) is 9.12. The molecule has 2 heterocycles. The zero-order valence-corrected chi connectivity index (χ0v) is 20.6. The molecule has 0 spiro atoms. The molecular formula is C25H28Cl2N4O2. The summed E-state index contributed by atoms with van der Waals surface area (Å²) < 4.78 is 5.72. The number of amides is 1. The van der Waals surface area contributed by atoms with E-state index in [9.17, 15) is 4.79 Å². The van der Waals surface area contributed by atoms with Gasteiger partial charge >= 0.3 is 0 Å². The van der Waals surface area contributed by atoms with Crippen molar-refractivity contribution in [2.45, 2.75) is 26.9 Å². The highest BCUT2D eigenvalue weighted by Crippen LogP contribution is 2.29. The number of aryl methyl sites for hydroxylation is 1. The predicted molar refractivity (Wildman–Crippen MR) is 136 cm³/mol. The maximum atomic E-state index is 12.7. The fraction of sp³-hybridized carbons (Fsp3) is 0.360. The van der Waals surface area contributed by atoms with Gasteiger partial charge in [0.15, 0.2) is 6.10 Å². The van der Waals surface area contributed by atoms with Gasteiger partial charge in [-0.25, -0.2) is 4.98 Å². The zero-order chi connectivity index (χ0) is 23.5. The molecule has 1 aliphatic rings. The number of halogens is 2. The summed E-state index contributed by atoms with van der Waals surface area (Å²) in [5, 5.41) is 4.81. The molecule has 33 heavy (non-hydrogen) atoms. The van der Waals surface area contributed by atoms with Crippen LogP contribution in [0.5, 0.6) is 5.75 Å². The number of likely N-dealkylation sites (N-methyl/N-ethyl adjacent to an activating group) is 1. The van der Waals surface area contributed by atoms with Crippen molar-refractivity contribution in [2.75, 3.05) is 42.9 Å². The van der Waals surface area contributed by atoms with Crippen molar-refractivity contribution in [2.24, 2.45) is 0 Å². The Bertz CT molecular complexity index is 1160. The van der Waals surface area contributed by atoms with E-state index in [1.165, 1.54) is 0 Å². The molecule has 1 aliphatic heterocycles. The smallest absolute Gasteiger partial charge is 0.265 e. The normalized spacial score (nSPS) is 15.5. The number of rotatable bonds is 6. The van der Waals surface area contributed by atoms with Crippen LogP contribution >= 0.6 is 23.2 Å². The number of pyridine rings is 1. The lowest BCUT2D eigenvalue weighted by atomic mass is 10.1. The van der Waals surface area contributed by atoms with Crippen molar-refractivity contribution in [3.63, 3.8) is 0 Å². The number of nitrogens with zero attached hydrogens (tertiary/aromatic N) is 3. The minimum Gasteiger partial charge on any atom is -0.479 e. The molecule has 3 aromatic rings. The van der Waals surface area contributed by atoms with Gasteiger partial charge in [0.2, 0.25) is 0 Å². The molecule has 0 saturated carbocycles. The van der Waals surface area contributed by atoms with Crippen molar-refractivity contribution < 1.29 is 9.53 Å². The summed E-state index contributed by atoms with van der Waals surface area (Å²) in [4.78, 5) is 22.4. The summed E-state index contributed by atoms with van der Waals surface area (Å²) in [6.45, 7) is 11.1. The summed E-state index contributed by atoms with van der Waals surface area (Å²) in [5.74, 6) is 1.15. The van der Waals surface area contributed by atoms with Gasteiger partial charge in [-0.05, 0) is 68.4 Å². The fourth-order valence-corrected chi connectivity index (χ4v) is 4.42. The van der Waals surface area contributed by atoms with E-state index in [1.54, 1.807) is 25.1 Å². The van der Waals surface area contributed by atoms with Gasteiger partial charge in [0.25, 0.3) is 5.91 Å². The molecule has 0 unspecified atom stereocenters. The van der Waals surface area contributed by atoms with E-state index in [-0.39, 0.29) is 5.91 Å². The van der Waals surface area contributed by atoms with Gasteiger partial charge < -0.3 is 19.9 Å². The van der Waals surface area contributed by atoms with Crippen LogP contribution in [0.25, 0.3) is 10.9 Å². The third-order valence-electron chi connectivity index (χ3n) is 5.98. The fourth-order valence-electron chi connectivity index (χ4n) is 3.97. The maximum Gasteiger partial charge on any atom is 0.265 e. The van der Waals surface area contributed by atoms with Crippen LogP contribution < -0.4 is 15.0 Å². The number of fused-ring (bicyclic) bond motifs is 1. The monoisotopic (exact) mass is 486 g/mol. The molecule has 1 N–H and O–H groups in total. The van der Waals surface area contributed by atoms with Crippen molar-refractivity contribution >= 4 is 51.5 Å².